The van der Waals surface area contributed by atoms with Gasteiger partial charge in [0.15, 0.2) is 0 Å². The van der Waals surface area contributed by atoms with E-state index < -0.39 is 23.0 Å². The highest BCUT2D eigenvalue weighted by atomic mass is 16.5. The third-order valence-electron chi connectivity index (χ3n) is 5.40. The van der Waals surface area contributed by atoms with E-state index in [1.165, 1.54) is 4.90 Å². The number of benzene rings is 1. The highest BCUT2D eigenvalue weighted by molar-refractivity contribution is 6.23. The number of aliphatic hydroxyl groups is 1. The summed E-state index contributed by atoms with van der Waals surface area (Å²) in [7, 11) is 0. The molecule has 4 atom stereocenters. The Bertz CT molecular complexity index is 770. The van der Waals surface area contributed by atoms with E-state index in [4.69, 9.17) is 4.74 Å². The Kier molecular flexibility index (Phi) is 2.73. The number of carbonyl (C=O) groups excluding carboxylic acids is 2. The van der Waals surface area contributed by atoms with Crippen molar-refractivity contribution < 1.29 is 19.4 Å². The second-order valence-corrected chi connectivity index (χ2v) is 6.99. The van der Waals surface area contributed by atoms with Crippen molar-refractivity contribution in [3.63, 3.8) is 0 Å². The molecule has 5 nitrogen and oxygen atoms in total. The first-order valence-electron chi connectivity index (χ1n) is 7.79. The van der Waals surface area contributed by atoms with Gasteiger partial charge in [0, 0.05) is 0 Å². The molecule has 2 bridgehead atoms. The summed E-state index contributed by atoms with van der Waals surface area (Å²) in [6.45, 7) is 5.37. The lowest BCUT2D eigenvalue weighted by Crippen LogP contribution is -2.43. The molecule has 120 valence electrons. The van der Waals surface area contributed by atoms with Crippen molar-refractivity contribution >= 4 is 17.5 Å². The van der Waals surface area contributed by atoms with Crippen molar-refractivity contribution in [3.05, 3.63) is 41.5 Å². The zero-order valence-electron chi connectivity index (χ0n) is 13.4. The van der Waals surface area contributed by atoms with Crippen LogP contribution in [0.25, 0.3) is 0 Å². The molecule has 1 aromatic carbocycles. The first kappa shape index (κ1) is 14.6. The van der Waals surface area contributed by atoms with Crippen LogP contribution in [0.4, 0.5) is 5.69 Å². The molecule has 1 N–H and O–H groups in total. The molecule has 1 aromatic rings. The monoisotopic (exact) mass is 313 g/mol. The van der Waals surface area contributed by atoms with Gasteiger partial charge in [0.05, 0.1) is 29.7 Å². The van der Waals surface area contributed by atoms with Gasteiger partial charge in [-0.3, -0.25) is 9.59 Å². The molecule has 0 spiro atoms. The number of ether oxygens (including phenoxy) is 1. The zero-order valence-corrected chi connectivity index (χ0v) is 13.4. The molecular weight excluding hydrogens is 294 g/mol. The fraction of sp³-hybridized carbons (Fsp3) is 0.444. The molecule has 2 amide bonds. The molecule has 2 fully saturated rings. The van der Waals surface area contributed by atoms with Crippen LogP contribution >= 0.6 is 0 Å². The minimum Gasteiger partial charge on any atom is -0.393 e. The van der Waals surface area contributed by atoms with Crippen molar-refractivity contribution in [2.75, 3.05) is 11.5 Å². The molecule has 4 rings (SSSR count). The minimum absolute atomic E-state index is 0.242. The van der Waals surface area contributed by atoms with Crippen molar-refractivity contribution in [1.82, 2.24) is 0 Å². The second-order valence-electron chi connectivity index (χ2n) is 6.99. The van der Waals surface area contributed by atoms with Gasteiger partial charge in [-0.05, 0) is 32.4 Å². The Hall–Kier alpha value is -1.98. The summed E-state index contributed by atoms with van der Waals surface area (Å²) < 4.78 is 5.91. The van der Waals surface area contributed by atoms with Gasteiger partial charge in [0.25, 0.3) is 0 Å². The number of hydrogen-bond acceptors (Lipinski definition) is 4. The predicted octanol–water partition coefficient (Wildman–Crippen LogP) is 1.50. The Morgan fingerprint density at radius 3 is 2.52 bits per heavy atom. The number of aryl methyl sites for hydroxylation is 2. The molecule has 3 heterocycles. The summed E-state index contributed by atoms with van der Waals surface area (Å²) in [6.07, 6.45) is 3.55. The summed E-state index contributed by atoms with van der Waals surface area (Å²) in [5.74, 6) is -1.76. The van der Waals surface area contributed by atoms with E-state index in [1.807, 2.05) is 39.0 Å². The van der Waals surface area contributed by atoms with Crippen LogP contribution in [-0.4, -0.2) is 34.7 Å². The van der Waals surface area contributed by atoms with Crippen LogP contribution in [0.5, 0.6) is 0 Å². The Labute approximate surface area is 134 Å². The molecule has 5 heteroatoms. The number of nitrogens with zero attached hydrogens (tertiary/aromatic N) is 1. The Balaban J connectivity index is 1.83. The lowest BCUT2D eigenvalue weighted by Gasteiger charge is -2.27. The summed E-state index contributed by atoms with van der Waals surface area (Å²) >= 11 is 0. The molecule has 0 aromatic heterocycles. The van der Waals surface area contributed by atoms with Gasteiger partial charge in [-0.2, -0.15) is 0 Å². The molecule has 2 saturated heterocycles. The number of carbonyl (C=O) groups is 2. The summed E-state index contributed by atoms with van der Waals surface area (Å²) in [4.78, 5) is 27.3. The van der Waals surface area contributed by atoms with Crippen LogP contribution in [0.1, 0.15) is 18.1 Å². The fourth-order valence-electron chi connectivity index (χ4n) is 4.33. The van der Waals surface area contributed by atoms with Gasteiger partial charge in [0.1, 0.15) is 5.60 Å². The van der Waals surface area contributed by atoms with Gasteiger partial charge in [-0.1, -0.05) is 29.8 Å². The number of rotatable bonds is 2. The largest absolute Gasteiger partial charge is 0.393 e. The van der Waals surface area contributed by atoms with Gasteiger partial charge >= 0.3 is 0 Å². The molecule has 3 aliphatic heterocycles. The third-order valence-corrected chi connectivity index (χ3v) is 5.40. The van der Waals surface area contributed by atoms with Crippen LogP contribution in [0.2, 0.25) is 0 Å². The number of imide groups is 1. The average Bonchev–Trinajstić information content (AvgIpc) is 3.07. The molecule has 23 heavy (non-hydrogen) atoms. The Morgan fingerprint density at radius 2 is 1.87 bits per heavy atom. The van der Waals surface area contributed by atoms with Crippen LogP contribution in [0, 0.1) is 25.7 Å². The van der Waals surface area contributed by atoms with Crippen molar-refractivity contribution in [2.24, 2.45) is 11.8 Å². The molecular formula is C18H19NO4. The zero-order chi connectivity index (χ0) is 16.6. The molecule has 0 aliphatic carbocycles. The van der Waals surface area contributed by atoms with Crippen LogP contribution in [-0.2, 0) is 14.3 Å². The van der Waals surface area contributed by atoms with E-state index in [1.54, 1.807) is 12.2 Å². The number of fused-ring (bicyclic) bond motifs is 5. The highest BCUT2D eigenvalue weighted by Gasteiger charge is 2.72. The molecule has 3 aliphatic rings. The van der Waals surface area contributed by atoms with Crippen LogP contribution in [0.15, 0.2) is 30.4 Å². The average molecular weight is 313 g/mol. The summed E-state index contributed by atoms with van der Waals surface area (Å²) in [6, 6.07) is 5.66. The quantitative estimate of drug-likeness (QED) is 0.664. The minimum atomic E-state index is -1.07. The first-order valence-corrected chi connectivity index (χ1v) is 7.79. The third kappa shape index (κ3) is 1.64. The number of hydrogen-bond donors (Lipinski definition) is 1. The smallest absolute Gasteiger partial charge is 0.241 e. The predicted molar refractivity (Wildman–Crippen MR) is 83.8 cm³/mol. The van der Waals surface area contributed by atoms with Crippen LogP contribution in [0.3, 0.4) is 0 Å². The number of anilines is 1. The summed E-state index contributed by atoms with van der Waals surface area (Å²) in [5, 5.41) is 9.80. The van der Waals surface area contributed by atoms with Crippen molar-refractivity contribution in [1.29, 1.82) is 0 Å². The van der Waals surface area contributed by atoms with E-state index in [0.29, 0.717) is 5.69 Å². The maximum Gasteiger partial charge on any atom is 0.241 e. The Morgan fingerprint density at radius 1 is 1.17 bits per heavy atom. The molecule has 0 radical (unpaired) electrons. The van der Waals surface area contributed by atoms with Gasteiger partial charge in [-0.15, -0.1) is 0 Å². The maximum absolute atomic E-state index is 13.0. The topological polar surface area (TPSA) is 66.8 Å². The maximum atomic E-state index is 13.0. The normalized spacial score (nSPS) is 37.8. The number of amides is 2. The van der Waals surface area contributed by atoms with Crippen LogP contribution < -0.4 is 4.90 Å². The van der Waals surface area contributed by atoms with E-state index in [9.17, 15) is 14.7 Å². The standard InChI is InChI=1S/C18H19NO4/c1-10-4-5-12(11(2)8-10)19-15(21)13-14(16(19)22)18(9-20)7-6-17(13,3)23-18/h4-8,13-14,20H,9H2,1-3H3/t13-,14-,17-,18+/m1/s1. The van der Waals surface area contributed by atoms with E-state index >= 15 is 0 Å². The van der Waals surface area contributed by atoms with Gasteiger partial charge in [-0.25, -0.2) is 4.90 Å². The SMILES string of the molecule is Cc1ccc(N2C(=O)[C@H]3[C@H](C2=O)[C@@]2(CO)C=C[C@@]3(C)O2)c(C)c1. The van der Waals surface area contributed by atoms with E-state index in [2.05, 4.69) is 0 Å². The van der Waals surface area contributed by atoms with Gasteiger partial charge < -0.3 is 9.84 Å². The molecule has 0 saturated carbocycles. The van der Waals surface area contributed by atoms with Crippen molar-refractivity contribution in [2.45, 2.75) is 32.0 Å². The van der Waals surface area contributed by atoms with E-state index in [0.717, 1.165) is 11.1 Å². The number of aliphatic hydroxyl groups excluding tert-OH is 1. The van der Waals surface area contributed by atoms with Crippen molar-refractivity contribution in [3.8, 4) is 0 Å². The lowest BCUT2D eigenvalue weighted by molar-refractivity contribution is -0.131. The lowest BCUT2D eigenvalue weighted by atomic mass is 9.73. The second kappa shape index (κ2) is 4.30. The molecule has 0 unspecified atom stereocenters. The van der Waals surface area contributed by atoms with E-state index in [-0.39, 0.29) is 18.4 Å². The highest BCUT2D eigenvalue weighted by Crippen LogP contribution is 2.57. The van der Waals surface area contributed by atoms with Gasteiger partial charge in [0.2, 0.25) is 11.8 Å². The fourth-order valence-corrected chi connectivity index (χ4v) is 4.33. The first-order chi connectivity index (χ1) is 10.8. The summed E-state index contributed by atoms with van der Waals surface area (Å²) in [5.41, 5.74) is 0.689.